The lowest BCUT2D eigenvalue weighted by atomic mass is 9.95. The summed E-state index contributed by atoms with van der Waals surface area (Å²) in [5.41, 5.74) is 0.942. The van der Waals surface area contributed by atoms with Gasteiger partial charge in [-0.25, -0.2) is 14.4 Å². The molecular weight excluding hydrogens is 319 g/mol. The van der Waals surface area contributed by atoms with Crippen molar-refractivity contribution in [2.24, 2.45) is 0 Å². The number of anilines is 1. The standard InChI is InChI=1S/C19H17FN4O/c1-13-21-10-11-24(13)17-7-6-16(12-22-17)23-18(25)19(8-9-19)14-2-4-15(20)5-3-14/h2-7,10-12H,8-9H2,1H3,(H,23,25). The van der Waals surface area contributed by atoms with Crippen LogP contribution in [0.3, 0.4) is 0 Å². The number of hydrogen-bond donors (Lipinski definition) is 1. The summed E-state index contributed by atoms with van der Waals surface area (Å²) >= 11 is 0. The lowest BCUT2D eigenvalue weighted by Crippen LogP contribution is -2.27. The molecule has 0 radical (unpaired) electrons. The highest BCUT2D eigenvalue weighted by Crippen LogP contribution is 2.49. The predicted molar refractivity (Wildman–Crippen MR) is 92.0 cm³/mol. The smallest absolute Gasteiger partial charge is 0.235 e. The van der Waals surface area contributed by atoms with Crippen molar-refractivity contribution < 1.29 is 9.18 Å². The maximum Gasteiger partial charge on any atom is 0.235 e. The quantitative estimate of drug-likeness (QED) is 0.794. The van der Waals surface area contributed by atoms with Crippen molar-refractivity contribution in [1.82, 2.24) is 14.5 Å². The van der Waals surface area contributed by atoms with Gasteiger partial charge in [0.2, 0.25) is 5.91 Å². The number of nitrogens with one attached hydrogen (secondary N) is 1. The molecule has 1 aromatic carbocycles. The Hall–Kier alpha value is -3.02. The molecule has 1 aliphatic carbocycles. The Bertz CT molecular complexity index is 911. The summed E-state index contributed by atoms with van der Waals surface area (Å²) < 4.78 is 15.0. The fraction of sp³-hybridized carbons (Fsp3) is 0.211. The number of rotatable bonds is 4. The van der Waals surface area contributed by atoms with Crippen LogP contribution in [-0.4, -0.2) is 20.4 Å². The molecule has 1 N–H and O–H groups in total. The van der Waals surface area contributed by atoms with Gasteiger partial charge in [0.05, 0.1) is 17.3 Å². The van der Waals surface area contributed by atoms with Gasteiger partial charge in [0.25, 0.3) is 0 Å². The number of amides is 1. The van der Waals surface area contributed by atoms with Gasteiger partial charge >= 0.3 is 0 Å². The topological polar surface area (TPSA) is 59.8 Å². The summed E-state index contributed by atoms with van der Waals surface area (Å²) in [4.78, 5) is 21.3. The van der Waals surface area contributed by atoms with E-state index in [4.69, 9.17) is 0 Å². The summed E-state index contributed by atoms with van der Waals surface area (Å²) in [6.45, 7) is 1.90. The number of pyridine rings is 1. The van der Waals surface area contributed by atoms with Crippen molar-refractivity contribution in [1.29, 1.82) is 0 Å². The Morgan fingerprint density at radius 2 is 1.92 bits per heavy atom. The second kappa shape index (κ2) is 5.81. The van der Waals surface area contributed by atoms with E-state index in [0.29, 0.717) is 5.69 Å². The maximum atomic E-state index is 13.1. The molecule has 25 heavy (non-hydrogen) atoms. The zero-order valence-electron chi connectivity index (χ0n) is 13.7. The number of carbonyl (C=O) groups is 1. The molecule has 0 bridgehead atoms. The van der Waals surface area contributed by atoms with Gasteiger partial charge in [-0.15, -0.1) is 0 Å². The molecule has 0 unspecified atom stereocenters. The molecule has 2 heterocycles. The molecule has 6 heteroatoms. The number of aryl methyl sites for hydroxylation is 1. The van der Waals surface area contributed by atoms with E-state index in [-0.39, 0.29) is 11.7 Å². The Balaban J connectivity index is 1.51. The van der Waals surface area contributed by atoms with Crippen LogP contribution in [0.15, 0.2) is 55.0 Å². The Morgan fingerprint density at radius 3 is 2.48 bits per heavy atom. The van der Waals surface area contributed by atoms with Crippen molar-refractivity contribution in [3.63, 3.8) is 0 Å². The van der Waals surface area contributed by atoms with Crippen LogP contribution in [0, 0.1) is 12.7 Å². The monoisotopic (exact) mass is 336 g/mol. The molecule has 2 aromatic heterocycles. The zero-order valence-corrected chi connectivity index (χ0v) is 13.7. The van der Waals surface area contributed by atoms with Crippen LogP contribution in [0.4, 0.5) is 10.1 Å². The molecule has 1 aliphatic rings. The maximum absolute atomic E-state index is 13.1. The van der Waals surface area contributed by atoms with E-state index in [1.165, 1.54) is 12.1 Å². The summed E-state index contributed by atoms with van der Waals surface area (Å²) in [5, 5.41) is 2.92. The molecule has 4 rings (SSSR count). The van der Waals surface area contributed by atoms with Crippen LogP contribution in [0.5, 0.6) is 0 Å². The van der Waals surface area contributed by atoms with Crippen LogP contribution in [-0.2, 0) is 10.2 Å². The molecule has 0 aliphatic heterocycles. The largest absolute Gasteiger partial charge is 0.324 e. The summed E-state index contributed by atoms with van der Waals surface area (Å²) in [7, 11) is 0. The van der Waals surface area contributed by atoms with Crippen molar-refractivity contribution >= 4 is 11.6 Å². The van der Waals surface area contributed by atoms with Gasteiger partial charge in [-0.05, 0) is 49.6 Å². The molecule has 5 nitrogen and oxygen atoms in total. The number of aromatic nitrogens is 3. The highest BCUT2D eigenvalue weighted by molar-refractivity contribution is 6.01. The van der Waals surface area contributed by atoms with Gasteiger partial charge < -0.3 is 5.32 Å². The molecule has 1 fully saturated rings. The van der Waals surface area contributed by atoms with E-state index in [1.54, 1.807) is 24.5 Å². The van der Waals surface area contributed by atoms with Crippen LogP contribution in [0.2, 0.25) is 0 Å². The second-order valence-corrected chi connectivity index (χ2v) is 6.29. The predicted octanol–water partition coefficient (Wildman–Crippen LogP) is 3.39. The summed E-state index contributed by atoms with van der Waals surface area (Å²) in [5.74, 6) is 1.22. The van der Waals surface area contributed by atoms with Gasteiger partial charge in [0.1, 0.15) is 17.5 Å². The number of carbonyl (C=O) groups excluding carboxylic acids is 1. The van der Waals surface area contributed by atoms with Crippen LogP contribution < -0.4 is 5.32 Å². The van der Waals surface area contributed by atoms with E-state index >= 15 is 0 Å². The third kappa shape index (κ3) is 2.80. The number of imidazole rings is 1. The van der Waals surface area contributed by atoms with Gasteiger partial charge in [-0.3, -0.25) is 9.36 Å². The van der Waals surface area contributed by atoms with Gasteiger partial charge in [0.15, 0.2) is 0 Å². The summed E-state index contributed by atoms with van der Waals surface area (Å²) in [6, 6.07) is 9.82. The number of halogens is 1. The fourth-order valence-corrected chi connectivity index (χ4v) is 3.01. The molecule has 0 spiro atoms. The lowest BCUT2D eigenvalue weighted by Gasteiger charge is -2.16. The Morgan fingerprint density at radius 1 is 1.16 bits per heavy atom. The summed E-state index contributed by atoms with van der Waals surface area (Å²) in [6.07, 6.45) is 6.72. The van der Waals surface area contributed by atoms with E-state index in [2.05, 4.69) is 15.3 Å². The Kier molecular flexibility index (Phi) is 3.60. The second-order valence-electron chi connectivity index (χ2n) is 6.29. The molecule has 1 saturated carbocycles. The first kappa shape index (κ1) is 15.5. The van der Waals surface area contributed by atoms with Gasteiger partial charge in [0, 0.05) is 12.4 Å². The van der Waals surface area contributed by atoms with Crippen LogP contribution in [0.1, 0.15) is 24.2 Å². The van der Waals surface area contributed by atoms with Crippen LogP contribution >= 0.6 is 0 Å². The molecule has 3 aromatic rings. The first-order chi connectivity index (χ1) is 12.1. The van der Waals surface area contributed by atoms with E-state index in [9.17, 15) is 9.18 Å². The minimum atomic E-state index is -0.548. The molecular formula is C19H17FN4O. The lowest BCUT2D eigenvalue weighted by molar-refractivity contribution is -0.118. The van der Waals surface area contributed by atoms with Crippen molar-refractivity contribution in [2.45, 2.75) is 25.2 Å². The van der Waals surface area contributed by atoms with Gasteiger partial charge in [-0.2, -0.15) is 0 Å². The number of hydrogen-bond acceptors (Lipinski definition) is 3. The molecule has 1 amide bonds. The normalized spacial score (nSPS) is 15.0. The minimum Gasteiger partial charge on any atom is -0.324 e. The fourth-order valence-electron chi connectivity index (χ4n) is 3.01. The SMILES string of the molecule is Cc1nccn1-c1ccc(NC(=O)C2(c3ccc(F)cc3)CC2)cn1. The molecule has 126 valence electrons. The Labute approximate surface area is 144 Å². The van der Waals surface area contributed by atoms with Crippen LogP contribution in [0.25, 0.3) is 5.82 Å². The van der Waals surface area contributed by atoms with Crippen molar-refractivity contribution in [3.05, 3.63) is 72.2 Å². The average Bonchev–Trinajstić information content (AvgIpc) is 3.32. The minimum absolute atomic E-state index is 0.0764. The highest BCUT2D eigenvalue weighted by Gasteiger charge is 2.51. The first-order valence-electron chi connectivity index (χ1n) is 8.12. The highest BCUT2D eigenvalue weighted by atomic mass is 19.1. The average molecular weight is 336 g/mol. The third-order valence-corrected chi connectivity index (χ3v) is 4.66. The molecule has 0 atom stereocenters. The first-order valence-corrected chi connectivity index (χ1v) is 8.12. The third-order valence-electron chi connectivity index (χ3n) is 4.66. The number of nitrogens with zero attached hydrogens (tertiary/aromatic N) is 3. The zero-order chi connectivity index (χ0) is 17.4. The van der Waals surface area contributed by atoms with E-state index < -0.39 is 5.41 Å². The van der Waals surface area contributed by atoms with E-state index in [1.807, 2.05) is 29.8 Å². The van der Waals surface area contributed by atoms with Crippen molar-refractivity contribution in [3.8, 4) is 5.82 Å². The molecule has 0 saturated heterocycles. The van der Waals surface area contributed by atoms with E-state index in [0.717, 1.165) is 30.0 Å². The van der Waals surface area contributed by atoms with Gasteiger partial charge in [-0.1, -0.05) is 12.1 Å². The van der Waals surface area contributed by atoms with Crippen molar-refractivity contribution in [2.75, 3.05) is 5.32 Å². The number of benzene rings is 1.